The molecule has 10 heteroatoms. The van der Waals surface area contributed by atoms with Crippen LogP contribution >= 0.6 is 0 Å². The Morgan fingerprint density at radius 1 is 1.06 bits per heavy atom. The van der Waals surface area contributed by atoms with Gasteiger partial charge in [0, 0.05) is 31.7 Å². The number of ether oxygens (including phenoxy) is 1. The highest BCUT2D eigenvalue weighted by atomic mass is 19.4. The summed E-state index contributed by atoms with van der Waals surface area (Å²) in [5, 5.41) is 0. The van der Waals surface area contributed by atoms with Crippen LogP contribution in [-0.4, -0.2) is 60.9 Å². The van der Waals surface area contributed by atoms with E-state index in [0.29, 0.717) is 12.1 Å². The van der Waals surface area contributed by atoms with Crippen molar-refractivity contribution in [1.29, 1.82) is 0 Å². The summed E-state index contributed by atoms with van der Waals surface area (Å²) < 4.78 is 127. The smallest absolute Gasteiger partial charge is 0.444 e. The zero-order chi connectivity index (χ0) is 31.3. The summed E-state index contributed by atoms with van der Waals surface area (Å²) >= 11 is 0. The van der Waals surface area contributed by atoms with Gasteiger partial charge in [-0.1, -0.05) is 6.07 Å². The Morgan fingerprint density at radius 2 is 1.59 bits per heavy atom. The molecule has 1 amide bonds. The zero-order valence-electron chi connectivity index (χ0n) is 27.0. The molecule has 6 nitrogen and oxygen atoms in total. The third-order valence-corrected chi connectivity index (χ3v) is 5.22. The molecule has 0 spiro atoms. The quantitative estimate of drug-likeness (QED) is 0.618. The predicted octanol–water partition coefficient (Wildman–Crippen LogP) is 4.06. The highest BCUT2D eigenvalue weighted by Crippen LogP contribution is 2.39. The lowest BCUT2D eigenvalue weighted by molar-refractivity contribution is -0.137. The van der Waals surface area contributed by atoms with E-state index in [1.807, 2.05) is 0 Å². The summed E-state index contributed by atoms with van der Waals surface area (Å²) in [5.41, 5.74) is -6.05. The second-order valence-corrected chi connectivity index (χ2v) is 9.46. The van der Waals surface area contributed by atoms with Gasteiger partial charge in [-0.3, -0.25) is 0 Å². The number of anilines is 1. The van der Waals surface area contributed by atoms with Gasteiger partial charge in [0.1, 0.15) is 5.60 Å². The van der Waals surface area contributed by atoms with E-state index in [-0.39, 0.29) is 15.3 Å². The standard InChI is InChI=1S/C22H32BF3N2O4/c1-19(2,3)30-18(29)28-12-10-27(11-13-28)17-9-8-15(14-16(17)22(24,25)26)23-31-20(4,5)21(6,7)32-23/h8-9,14H,10-13H2,1-7H3/i10D2,11D2,12D2,13D2. The topological polar surface area (TPSA) is 51.2 Å². The van der Waals surface area contributed by atoms with Gasteiger partial charge in [0.15, 0.2) is 0 Å². The van der Waals surface area contributed by atoms with Crippen LogP contribution in [0.15, 0.2) is 18.2 Å². The van der Waals surface area contributed by atoms with Crippen molar-refractivity contribution in [3.05, 3.63) is 23.8 Å². The number of amides is 1. The molecule has 2 aliphatic heterocycles. The van der Waals surface area contributed by atoms with Crippen LogP contribution in [0.1, 0.15) is 65.0 Å². The van der Waals surface area contributed by atoms with Crippen molar-refractivity contribution in [3.8, 4) is 0 Å². The van der Waals surface area contributed by atoms with Gasteiger partial charge in [-0.15, -0.1) is 0 Å². The van der Waals surface area contributed by atoms with E-state index in [1.165, 1.54) is 20.8 Å². The summed E-state index contributed by atoms with van der Waals surface area (Å²) in [6, 6.07) is 2.34. The third-order valence-electron chi connectivity index (χ3n) is 5.22. The summed E-state index contributed by atoms with van der Waals surface area (Å²) in [5.74, 6) is 0. The molecule has 0 aliphatic carbocycles. The Balaban J connectivity index is 2.23. The van der Waals surface area contributed by atoms with Crippen molar-refractivity contribution >= 4 is 24.4 Å². The van der Waals surface area contributed by atoms with Crippen molar-refractivity contribution in [3.63, 3.8) is 0 Å². The van der Waals surface area contributed by atoms with Gasteiger partial charge in [0.25, 0.3) is 0 Å². The first kappa shape index (κ1) is 15.8. The van der Waals surface area contributed by atoms with E-state index in [2.05, 4.69) is 0 Å². The van der Waals surface area contributed by atoms with Crippen LogP contribution in [0.4, 0.5) is 23.7 Å². The number of hydrogen-bond donors (Lipinski definition) is 0. The summed E-state index contributed by atoms with van der Waals surface area (Å²) in [6.07, 6.45) is -6.97. The number of benzene rings is 1. The minimum absolute atomic E-state index is 0.130. The normalized spacial score (nSPS) is 31.1. The van der Waals surface area contributed by atoms with Gasteiger partial charge < -0.3 is 23.8 Å². The fourth-order valence-electron chi connectivity index (χ4n) is 2.88. The molecule has 1 aromatic rings. The highest BCUT2D eigenvalue weighted by molar-refractivity contribution is 6.62. The molecule has 2 saturated heterocycles. The zero-order valence-corrected chi connectivity index (χ0v) is 19.0. The number of rotatable bonds is 2. The van der Waals surface area contributed by atoms with E-state index >= 15 is 0 Å². The SMILES string of the molecule is [2H]C1([2H])N(C(=O)OC(C)(C)C)C([2H])([2H])C([2H])([2H])N(c2ccc(B3OC(C)(C)C(C)(C)O3)cc2C(F)(F)F)C1([2H])[2H]. The Bertz CT molecular complexity index is 1150. The van der Waals surface area contributed by atoms with Crippen LogP contribution in [0.3, 0.4) is 0 Å². The summed E-state index contributed by atoms with van der Waals surface area (Å²) in [7, 11) is -1.27. The Labute approximate surface area is 199 Å². The Morgan fingerprint density at radius 3 is 2.06 bits per heavy atom. The monoisotopic (exact) mass is 464 g/mol. The molecule has 0 atom stereocenters. The lowest BCUT2D eigenvalue weighted by Crippen LogP contribution is -2.50. The fourth-order valence-corrected chi connectivity index (χ4v) is 2.88. The first-order chi connectivity index (χ1) is 17.5. The maximum Gasteiger partial charge on any atom is 0.494 e. The summed E-state index contributed by atoms with van der Waals surface area (Å²) in [6.45, 7) is -4.10. The third kappa shape index (κ3) is 5.17. The van der Waals surface area contributed by atoms with E-state index in [4.69, 9.17) is 25.0 Å². The Hall–Kier alpha value is -1.94. The molecule has 1 aromatic carbocycles. The van der Waals surface area contributed by atoms with Crippen LogP contribution in [0.2, 0.25) is 0 Å². The second kappa shape index (κ2) is 8.13. The van der Waals surface area contributed by atoms with Crippen LogP contribution < -0.4 is 10.4 Å². The van der Waals surface area contributed by atoms with Gasteiger partial charge >= 0.3 is 19.4 Å². The lowest BCUT2D eigenvalue weighted by atomic mass is 9.78. The van der Waals surface area contributed by atoms with E-state index < -0.39 is 73.4 Å². The van der Waals surface area contributed by atoms with Crippen molar-refractivity contribution < 1.29 is 43.0 Å². The maximum atomic E-state index is 14.4. The molecule has 2 fully saturated rings. The Kier molecular flexibility index (Phi) is 4.02. The lowest BCUT2D eigenvalue weighted by Gasteiger charge is -2.37. The highest BCUT2D eigenvalue weighted by Gasteiger charge is 2.52. The van der Waals surface area contributed by atoms with Crippen molar-refractivity contribution in [1.82, 2.24) is 4.90 Å². The molecular formula is C22H32BF3N2O4. The fraction of sp³-hybridized carbons (Fsp3) is 0.682. The minimum Gasteiger partial charge on any atom is -0.444 e. The number of piperazine rings is 1. The summed E-state index contributed by atoms with van der Waals surface area (Å²) in [4.78, 5) is 12.2. The average Bonchev–Trinajstić information content (AvgIpc) is 2.91. The molecule has 0 aromatic heterocycles. The number of nitrogens with zero attached hydrogens (tertiary/aromatic N) is 2. The van der Waals surface area contributed by atoms with Crippen LogP contribution in [-0.2, 0) is 20.2 Å². The maximum absolute atomic E-state index is 14.4. The van der Waals surface area contributed by atoms with E-state index in [9.17, 15) is 18.0 Å². The van der Waals surface area contributed by atoms with Crippen LogP contribution in [0, 0.1) is 0 Å². The van der Waals surface area contributed by atoms with Crippen molar-refractivity contribution in [2.45, 2.75) is 71.4 Å². The molecule has 32 heavy (non-hydrogen) atoms. The molecule has 0 radical (unpaired) electrons. The van der Waals surface area contributed by atoms with Gasteiger partial charge in [0.2, 0.25) is 0 Å². The van der Waals surface area contributed by atoms with Crippen molar-refractivity contribution in [2.75, 3.05) is 30.9 Å². The van der Waals surface area contributed by atoms with E-state index in [1.54, 1.807) is 27.7 Å². The predicted molar refractivity (Wildman–Crippen MR) is 117 cm³/mol. The minimum atomic E-state index is -5.23. The van der Waals surface area contributed by atoms with Gasteiger partial charge in [-0.25, -0.2) is 4.79 Å². The first-order valence-corrected chi connectivity index (χ1v) is 9.93. The average molecular weight is 464 g/mol. The van der Waals surface area contributed by atoms with Crippen LogP contribution in [0.25, 0.3) is 0 Å². The molecule has 178 valence electrons. The number of alkyl halides is 3. The van der Waals surface area contributed by atoms with E-state index in [0.717, 1.165) is 6.07 Å². The second-order valence-electron chi connectivity index (χ2n) is 9.46. The molecule has 0 saturated carbocycles. The molecule has 0 bridgehead atoms. The van der Waals surface area contributed by atoms with Gasteiger partial charge in [-0.05, 0) is 66.1 Å². The van der Waals surface area contributed by atoms with Gasteiger partial charge in [-0.2, -0.15) is 13.2 Å². The van der Waals surface area contributed by atoms with Crippen LogP contribution in [0.5, 0.6) is 0 Å². The van der Waals surface area contributed by atoms with Gasteiger partial charge in [0.05, 0.1) is 27.7 Å². The molecule has 0 unspecified atom stereocenters. The molecule has 2 aliphatic rings. The number of carbonyl (C=O) groups is 1. The number of hydrogen-bond acceptors (Lipinski definition) is 5. The molecule has 3 rings (SSSR count). The molecule has 0 N–H and O–H groups in total. The van der Waals surface area contributed by atoms with Crippen molar-refractivity contribution in [2.24, 2.45) is 0 Å². The number of halogens is 3. The molecular weight excluding hydrogens is 424 g/mol. The molecule has 2 heterocycles. The first-order valence-electron chi connectivity index (χ1n) is 13.9. The number of carbonyl (C=O) groups excluding carboxylic acids is 1. The largest absolute Gasteiger partial charge is 0.494 e.